The number of fused-ring (bicyclic) bond motifs is 1. The van der Waals surface area contributed by atoms with Crippen LogP contribution in [-0.2, 0) is 4.74 Å². The van der Waals surface area contributed by atoms with Crippen LogP contribution in [0.15, 0.2) is 52.5 Å². The average molecular weight is 391 g/mol. The third-order valence-electron chi connectivity index (χ3n) is 5.77. The first-order valence-electron chi connectivity index (χ1n) is 9.96. The molecule has 0 aromatic heterocycles. The SMILES string of the molecule is C=C(CCCN1CCCC2(CC1)OCC1=C2CC=C(F)C/C=C\1)N=CSC. The summed E-state index contributed by atoms with van der Waals surface area (Å²) in [7, 11) is 0. The molecule has 1 saturated heterocycles. The van der Waals surface area contributed by atoms with E-state index in [2.05, 4.69) is 22.5 Å². The Morgan fingerprint density at radius 2 is 2.30 bits per heavy atom. The summed E-state index contributed by atoms with van der Waals surface area (Å²) < 4.78 is 20.1. The first-order valence-corrected chi connectivity index (χ1v) is 11.2. The second-order valence-electron chi connectivity index (χ2n) is 7.58. The maximum absolute atomic E-state index is 13.8. The standard InChI is InChI=1S/C22H31FN2OS/c1-18(24-17-27-2)6-4-13-25-14-5-11-22(12-15-25)21-10-9-20(23)8-3-7-19(21)16-26-22/h3,7,9,17H,1,4-6,8,10-16H2,2H3/b7-3-,20-9?,24-17?. The summed E-state index contributed by atoms with van der Waals surface area (Å²) in [4.78, 5) is 6.86. The van der Waals surface area contributed by atoms with E-state index in [9.17, 15) is 4.39 Å². The molecule has 27 heavy (non-hydrogen) atoms. The van der Waals surface area contributed by atoms with Crippen molar-refractivity contribution >= 4 is 17.3 Å². The quantitative estimate of drug-likeness (QED) is 0.447. The van der Waals surface area contributed by atoms with Crippen LogP contribution in [0.25, 0.3) is 0 Å². The molecule has 1 aliphatic carbocycles. The lowest BCUT2D eigenvalue weighted by atomic mass is 9.83. The van der Waals surface area contributed by atoms with E-state index in [-0.39, 0.29) is 11.4 Å². The van der Waals surface area contributed by atoms with Gasteiger partial charge in [-0.1, -0.05) is 18.7 Å². The maximum Gasteiger partial charge on any atom is 0.100 e. The molecule has 3 aliphatic rings. The van der Waals surface area contributed by atoms with Crippen molar-refractivity contribution in [3.8, 4) is 0 Å². The highest BCUT2D eigenvalue weighted by atomic mass is 32.2. The second kappa shape index (κ2) is 9.85. The van der Waals surface area contributed by atoms with Crippen LogP contribution < -0.4 is 0 Å². The maximum atomic E-state index is 13.8. The zero-order valence-electron chi connectivity index (χ0n) is 16.4. The van der Waals surface area contributed by atoms with Crippen LogP contribution in [0.2, 0.25) is 0 Å². The van der Waals surface area contributed by atoms with E-state index in [0.717, 1.165) is 57.4 Å². The molecular formula is C22H31FN2OS. The van der Waals surface area contributed by atoms with Crippen molar-refractivity contribution in [3.05, 3.63) is 47.5 Å². The molecule has 0 radical (unpaired) electrons. The van der Waals surface area contributed by atoms with Gasteiger partial charge in [0.1, 0.15) is 5.83 Å². The number of halogens is 1. The van der Waals surface area contributed by atoms with Crippen LogP contribution in [0.5, 0.6) is 0 Å². The molecule has 3 nitrogen and oxygen atoms in total. The van der Waals surface area contributed by atoms with E-state index in [1.807, 2.05) is 17.9 Å². The van der Waals surface area contributed by atoms with Gasteiger partial charge >= 0.3 is 0 Å². The van der Waals surface area contributed by atoms with Gasteiger partial charge in [-0.3, -0.25) is 4.99 Å². The van der Waals surface area contributed by atoms with Gasteiger partial charge in [-0.2, -0.15) is 0 Å². The predicted octanol–water partition coefficient (Wildman–Crippen LogP) is 5.43. The Morgan fingerprint density at radius 1 is 1.41 bits per heavy atom. The highest BCUT2D eigenvalue weighted by molar-refractivity contribution is 8.11. The minimum Gasteiger partial charge on any atom is -0.366 e. The minimum atomic E-state index is -0.186. The number of aliphatic imine (C=N–C) groups is 1. The zero-order chi connectivity index (χ0) is 19.1. The molecule has 2 heterocycles. The number of ether oxygens (including phenoxy) is 1. The number of thioether (sulfide) groups is 1. The lowest BCUT2D eigenvalue weighted by Crippen LogP contribution is -2.33. The van der Waals surface area contributed by atoms with Crippen molar-refractivity contribution in [2.24, 2.45) is 4.99 Å². The minimum absolute atomic E-state index is 0.0283. The molecule has 0 aromatic carbocycles. The Kier molecular flexibility index (Phi) is 7.50. The van der Waals surface area contributed by atoms with E-state index in [4.69, 9.17) is 4.74 Å². The van der Waals surface area contributed by atoms with E-state index < -0.39 is 0 Å². The van der Waals surface area contributed by atoms with Gasteiger partial charge in [0.2, 0.25) is 0 Å². The molecule has 2 aliphatic heterocycles. The summed E-state index contributed by atoms with van der Waals surface area (Å²) in [6.07, 6.45) is 14.1. The number of hydrogen-bond acceptors (Lipinski definition) is 4. The van der Waals surface area contributed by atoms with Crippen molar-refractivity contribution in [1.29, 1.82) is 0 Å². The monoisotopic (exact) mass is 390 g/mol. The molecule has 0 bridgehead atoms. The van der Waals surface area contributed by atoms with E-state index in [0.29, 0.717) is 19.4 Å². The molecule has 5 heteroatoms. The third kappa shape index (κ3) is 5.43. The average Bonchev–Trinajstić information content (AvgIpc) is 2.82. The van der Waals surface area contributed by atoms with Crippen molar-refractivity contribution < 1.29 is 9.13 Å². The number of rotatable bonds is 6. The molecule has 1 fully saturated rings. The number of nitrogens with zero attached hydrogens (tertiary/aromatic N) is 2. The summed E-state index contributed by atoms with van der Waals surface area (Å²) in [6, 6.07) is 0. The highest BCUT2D eigenvalue weighted by Gasteiger charge is 2.41. The summed E-state index contributed by atoms with van der Waals surface area (Å²) in [5.74, 6) is -0.0283. The molecule has 1 unspecified atom stereocenters. The first-order chi connectivity index (χ1) is 13.1. The lowest BCUT2D eigenvalue weighted by molar-refractivity contribution is 0.00502. The highest BCUT2D eigenvalue weighted by Crippen LogP contribution is 2.43. The van der Waals surface area contributed by atoms with Gasteiger partial charge < -0.3 is 9.64 Å². The van der Waals surface area contributed by atoms with Gasteiger partial charge in [0, 0.05) is 18.7 Å². The molecule has 1 spiro atoms. The van der Waals surface area contributed by atoms with Crippen LogP contribution in [0.4, 0.5) is 4.39 Å². The van der Waals surface area contributed by atoms with Crippen LogP contribution in [0.3, 0.4) is 0 Å². The normalized spacial score (nSPS) is 28.0. The molecule has 0 saturated carbocycles. The van der Waals surface area contributed by atoms with Gasteiger partial charge in [-0.05, 0) is 75.1 Å². The molecular weight excluding hydrogens is 359 g/mol. The smallest absolute Gasteiger partial charge is 0.100 e. The van der Waals surface area contributed by atoms with Gasteiger partial charge in [-0.15, -0.1) is 11.8 Å². The van der Waals surface area contributed by atoms with Crippen molar-refractivity contribution in [2.75, 3.05) is 32.5 Å². The van der Waals surface area contributed by atoms with E-state index in [1.165, 1.54) is 11.1 Å². The number of hydrogen-bond donors (Lipinski definition) is 0. The molecule has 0 amide bonds. The second-order valence-corrected chi connectivity index (χ2v) is 8.27. The molecule has 148 valence electrons. The Bertz CT molecular complexity index is 667. The van der Waals surface area contributed by atoms with Gasteiger partial charge in [-0.25, -0.2) is 4.39 Å². The van der Waals surface area contributed by atoms with Crippen LogP contribution in [0, 0.1) is 0 Å². The lowest BCUT2D eigenvalue weighted by Gasteiger charge is -2.31. The van der Waals surface area contributed by atoms with Crippen molar-refractivity contribution in [2.45, 2.75) is 50.5 Å². The Balaban J connectivity index is 1.56. The van der Waals surface area contributed by atoms with E-state index in [1.54, 1.807) is 17.8 Å². The Labute approximate surface area is 167 Å². The predicted molar refractivity (Wildman–Crippen MR) is 114 cm³/mol. The van der Waals surface area contributed by atoms with Gasteiger partial charge in [0.05, 0.1) is 17.8 Å². The number of likely N-dealkylation sites (tertiary alicyclic amines) is 1. The molecule has 3 rings (SSSR count). The topological polar surface area (TPSA) is 24.8 Å². The van der Waals surface area contributed by atoms with Crippen LogP contribution >= 0.6 is 11.8 Å². The third-order valence-corrected chi connectivity index (χ3v) is 6.08. The van der Waals surface area contributed by atoms with Gasteiger partial charge in [0.25, 0.3) is 0 Å². The van der Waals surface area contributed by atoms with Crippen molar-refractivity contribution in [3.63, 3.8) is 0 Å². The zero-order valence-corrected chi connectivity index (χ0v) is 17.2. The molecule has 1 atom stereocenters. The van der Waals surface area contributed by atoms with Gasteiger partial charge in [0.15, 0.2) is 0 Å². The summed E-state index contributed by atoms with van der Waals surface area (Å²) in [6.45, 7) is 7.91. The summed E-state index contributed by atoms with van der Waals surface area (Å²) >= 11 is 1.60. The Morgan fingerprint density at radius 3 is 3.15 bits per heavy atom. The first kappa shape index (κ1) is 20.6. The summed E-state index contributed by atoms with van der Waals surface area (Å²) in [5, 5.41) is 0. The van der Waals surface area contributed by atoms with Crippen LogP contribution in [-0.4, -0.2) is 48.5 Å². The fraction of sp³-hybridized carbons (Fsp3) is 0.591. The fourth-order valence-electron chi connectivity index (χ4n) is 4.29. The van der Waals surface area contributed by atoms with E-state index >= 15 is 0 Å². The Hall–Kier alpha value is -1.17. The fourth-order valence-corrected chi connectivity index (χ4v) is 4.54. The molecule has 0 N–H and O–H groups in total. The largest absolute Gasteiger partial charge is 0.366 e. The molecule has 0 aromatic rings. The summed E-state index contributed by atoms with van der Waals surface area (Å²) in [5.41, 5.74) is 5.21. The van der Waals surface area contributed by atoms with Crippen molar-refractivity contribution in [1.82, 2.24) is 4.90 Å². The van der Waals surface area contributed by atoms with Crippen LogP contribution in [0.1, 0.15) is 44.9 Å². The number of allylic oxidation sites excluding steroid dienone is 4.